The van der Waals surface area contributed by atoms with E-state index in [4.69, 9.17) is 10.5 Å². The second kappa shape index (κ2) is 5.99. The summed E-state index contributed by atoms with van der Waals surface area (Å²) in [7, 11) is 0. The summed E-state index contributed by atoms with van der Waals surface area (Å²) in [4.78, 5) is 0. The van der Waals surface area contributed by atoms with Gasteiger partial charge in [0.1, 0.15) is 0 Å². The van der Waals surface area contributed by atoms with E-state index < -0.39 is 5.54 Å². The van der Waals surface area contributed by atoms with Gasteiger partial charge >= 0.3 is 0 Å². The van der Waals surface area contributed by atoms with Gasteiger partial charge in [-0.3, -0.25) is 0 Å². The van der Waals surface area contributed by atoms with Crippen LogP contribution in [0.2, 0.25) is 0 Å². The van der Waals surface area contributed by atoms with Gasteiger partial charge in [-0.25, -0.2) is 0 Å². The van der Waals surface area contributed by atoms with Gasteiger partial charge in [-0.1, -0.05) is 44.2 Å². The van der Waals surface area contributed by atoms with Crippen LogP contribution in [0, 0.1) is 5.92 Å². The zero-order chi connectivity index (χ0) is 12.0. The molecule has 0 fully saturated rings. The van der Waals surface area contributed by atoms with Gasteiger partial charge in [-0.15, -0.1) is 0 Å². The van der Waals surface area contributed by atoms with E-state index in [1.54, 1.807) is 0 Å². The summed E-state index contributed by atoms with van der Waals surface area (Å²) in [5, 5.41) is 9.40. The van der Waals surface area contributed by atoms with Crippen molar-refractivity contribution in [3.63, 3.8) is 0 Å². The molecule has 16 heavy (non-hydrogen) atoms. The maximum Gasteiger partial charge on any atom is 0.0881 e. The van der Waals surface area contributed by atoms with Crippen molar-refractivity contribution in [2.24, 2.45) is 11.7 Å². The second-order valence-electron chi connectivity index (χ2n) is 4.59. The van der Waals surface area contributed by atoms with Crippen molar-refractivity contribution < 1.29 is 9.84 Å². The van der Waals surface area contributed by atoms with E-state index in [-0.39, 0.29) is 6.61 Å². The molecule has 0 aliphatic rings. The van der Waals surface area contributed by atoms with Crippen LogP contribution in [0.15, 0.2) is 30.3 Å². The number of benzene rings is 1. The first-order valence-electron chi connectivity index (χ1n) is 5.61. The van der Waals surface area contributed by atoms with E-state index in [0.717, 1.165) is 5.56 Å². The van der Waals surface area contributed by atoms with E-state index in [1.807, 2.05) is 30.3 Å². The molecule has 1 unspecified atom stereocenters. The van der Waals surface area contributed by atoms with Crippen molar-refractivity contribution >= 4 is 0 Å². The molecule has 0 aliphatic carbocycles. The minimum absolute atomic E-state index is 0.116. The van der Waals surface area contributed by atoms with E-state index in [1.165, 1.54) is 0 Å². The quantitative estimate of drug-likeness (QED) is 0.768. The fraction of sp³-hybridized carbons (Fsp3) is 0.538. The fourth-order valence-corrected chi connectivity index (χ4v) is 1.47. The van der Waals surface area contributed by atoms with Crippen molar-refractivity contribution in [1.82, 2.24) is 0 Å². The van der Waals surface area contributed by atoms with Crippen LogP contribution in [0.4, 0.5) is 0 Å². The topological polar surface area (TPSA) is 55.5 Å². The Morgan fingerprint density at radius 1 is 1.31 bits per heavy atom. The Kier molecular flexibility index (Phi) is 4.93. The third-order valence-electron chi connectivity index (χ3n) is 2.44. The molecule has 1 aromatic carbocycles. The molecule has 1 rings (SSSR count). The predicted molar refractivity (Wildman–Crippen MR) is 65.1 cm³/mol. The lowest BCUT2D eigenvalue weighted by atomic mass is 9.93. The van der Waals surface area contributed by atoms with Gasteiger partial charge < -0.3 is 15.6 Å². The summed E-state index contributed by atoms with van der Waals surface area (Å²) in [6, 6.07) is 9.57. The van der Waals surface area contributed by atoms with E-state index >= 15 is 0 Å². The number of aliphatic hydroxyl groups excluding tert-OH is 1. The highest BCUT2D eigenvalue weighted by atomic mass is 16.5. The standard InChI is InChI=1S/C13H21NO2/c1-11(2)8-16-10-13(14,9-15)12-6-4-3-5-7-12/h3-7,11,15H,8-10,14H2,1-2H3. The van der Waals surface area contributed by atoms with Gasteiger partial charge in [0.15, 0.2) is 0 Å². The van der Waals surface area contributed by atoms with Crippen LogP contribution in [0.25, 0.3) is 0 Å². The highest BCUT2D eigenvalue weighted by molar-refractivity contribution is 5.24. The van der Waals surface area contributed by atoms with Gasteiger partial charge in [-0.05, 0) is 11.5 Å². The highest BCUT2D eigenvalue weighted by Crippen LogP contribution is 2.18. The van der Waals surface area contributed by atoms with E-state index in [2.05, 4.69) is 13.8 Å². The van der Waals surface area contributed by atoms with Gasteiger partial charge in [0.25, 0.3) is 0 Å². The van der Waals surface area contributed by atoms with Crippen molar-refractivity contribution in [1.29, 1.82) is 0 Å². The van der Waals surface area contributed by atoms with Crippen LogP contribution in [0.1, 0.15) is 19.4 Å². The second-order valence-corrected chi connectivity index (χ2v) is 4.59. The maximum absolute atomic E-state index is 9.40. The summed E-state index contributed by atoms with van der Waals surface area (Å²) in [5.41, 5.74) is 6.24. The zero-order valence-electron chi connectivity index (χ0n) is 10.0. The minimum Gasteiger partial charge on any atom is -0.394 e. The molecule has 3 N–H and O–H groups in total. The van der Waals surface area contributed by atoms with Crippen molar-refractivity contribution in [3.8, 4) is 0 Å². The Balaban J connectivity index is 2.63. The Bertz CT molecular complexity index is 300. The molecule has 0 amide bonds. The largest absolute Gasteiger partial charge is 0.394 e. The molecule has 3 heteroatoms. The van der Waals surface area contributed by atoms with Crippen LogP contribution in [0.5, 0.6) is 0 Å². The predicted octanol–water partition coefficient (Wildman–Crippen LogP) is 1.51. The SMILES string of the molecule is CC(C)COCC(N)(CO)c1ccccc1. The lowest BCUT2D eigenvalue weighted by Gasteiger charge is -2.27. The monoisotopic (exact) mass is 223 g/mol. The normalized spacial score (nSPS) is 15.1. The molecule has 0 bridgehead atoms. The van der Waals surface area contributed by atoms with Crippen molar-refractivity contribution in [3.05, 3.63) is 35.9 Å². The first kappa shape index (κ1) is 13.2. The van der Waals surface area contributed by atoms with E-state index in [9.17, 15) is 5.11 Å². The molecular formula is C13H21NO2. The number of hydrogen-bond acceptors (Lipinski definition) is 3. The summed E-state index contributed by atoms with van der Waals surface area (Å²) in [6.07, 6.45) is 0. The Labute approximate surface area is 97.2 Å². The average molecular weight is 223 g/mol. The molecule has 0 aromatic heterocycles. The van der Waals surface area contributed by atoms with Gasteiger partial charge in [0.2, 0.25) is 0 Å². The molecule has 1 atom stereocenters. The van der Waals surface area contributed by atoms with Gasteiger partial charge in [0, 0.05) is 6.61 Å². The van der Waals surface area contributed by atoms with Crippen LogP contribution < -0.4 is 5.73 Å². The molecule has 0 radical (unpaired) electrons. The molecule has 0 aliphatic heterocycles. The summed E-state index contributed by atoms with van der Waals surface area (Å²) in [6.45, 7) is 5.05. The molecule has 3 nitrogen and oxygen atoms in total. The summed E-state index contributed by atoms with van der Waals surface area (Å²) in [5.74, 6) is 0.471. The smallest absolute Gasteiger partial charge is 0.0881 e. The van der Waals surface area contributed by atoms with Crippen LogP contribution >= 0.6 is 0 Å². The molecule has 90 valence electrons. The Morgan fingerprint density at radius 2 is 1.94 bits per heavy atom. The number of aliphatic hydroxyl groups is 1. The molecule has 0 saturated heterocycles. The number of hydrogen-bond donors (Lipinski definition) is 2. The number of rotatable bonds is 6. The van der Waals surface area contributed by atoms with Crippen LogP contribution in [0.3, 0.4) is 0 Å². The number of nitrogens with two attached hydrogens (primary N) is 1. The highest BCUT2D eigenvalue weighted by Gasteiger charge is 2.26. The zero-order valence-corrected chi connectivity index (χ0v) is 10.0. The van der Waals surface area contributed by atoms with Gasteiger partial charge in [0.05, 0.1) is 18.8 Å². The lowest BCUT2D eigenvalue weighted by Crippen LogP contribution is -2.45. The minimum atomic E-state index is -0.795. The Hall–Kier alpha value is -0.900. The molecule has 1 aromatic rings. The molecule has 0 spiro atoms. The molecule has 0 heterocycles. The number of ether oxygens (including phenoxy) is 1. The third-order valence-corrected chi connectivity index (χ3v) is 2.44. The Morgan fingerprint density at radius 3 is 2.44 bits per heavy atom. The molecular weight excluding hydrogens is 202 g/mol. The summed E-state index contributed by atoms with van der Waals surface area (Å²) < 4.78 is 5.52. The van der Waals surface area contributed by atoms with Crippen LogP contribution in [-0.4, -0.2) is 24.9 Å². The maximum atomic E-state index is 9.40. The van der Waals surface area contributed by atoms with Gasteiger partial charge in [-0.2, -0.15) is 0 Å². The third kappa shape index (κ3) is 3.59. The first-order valence-corrected chi connectivity index (χ1v) is 5.61. The lowest BCUT2D eigenvalue weighted by molar-refractivity contribution is 0.0406. The first-order chi connectivity index (χ1) is 7.58. The average Bonchev–Trinajstić information content (AvgIpc) is 2.29. The van der Waals surface area contributed by atoms with Crippen molar-refractivity contribution in [2.75, 3.05) is 19.8 Å². The molecule has 0 saturated carbocycles. The van der Waals surface area contributed by atoms with E-state index in [0.29, 0.717) is 19.1 Å². The summed E-state index contributed by atoms with van der Waals surface area (Å²) >= 11 is 0. The van der Waals surface area contributed by atoms with Crippen LogP contribution in [-0.2, 0) is 10.3 Å². The fourth-order valence-electron chi connectivity index (χ4n) is 1.47. The van der Waals surface area contributed by atoms with Crippen molar-refractivity contribution in [2.45, 2.75) is 19.4 Å².